The number of hydrogen-bond acceptors (Lipinski definition) is 4. The molecule has 39 heavy (non-hydrogen) atoms. The zero-order chi connectivity index (χ0) is 27.5. The molecule has 0 amide bonds. The quantitative estimate of drug-likeness (QED) is 0.413. The molecule has 0 saturated carbocycles. The fraction of sp³-hybridized carbons (Fsp3) is 0.500. The number of aryl methyl sites for hydroxylation is 1. The standard InChI is InChI=1S/C32H41FN4O2/c1-22(2)31(32(38)39)37-20-26(29(21-37)25-10-7-11-27(33)17-25)19-36-14-12-24(13-15-36)30-18-28(34-35(30)3)16-23-8-5-4-6-9-23/h4-11,17-18,22,24,26,29,31H,12-16,19-21H2,1-3H3,(H,38,39)/t26-,29+,31+/m0/s1. The molecule has 0 bridgehead atoms. The number of likely N-dealkylation sites (tertiary alicyclic amines) is 2. The van der Waals surface area contributed by atoms with Crippen LogP contribution in [0, 0.1) is 17.7 Å². The van der Waals surface area contributed by atoms with E-state index in [1.54, 1.807) is 12.1 Å². The first-order valence-electron chi connectivity index (χ1n) is 14.3. The number of carboxylic acid groups (broad SMARTS) is 1. The van der Waals surface area contributed by atoms with Crippen molar-refractivity contribution in [2.45, 2.75) is 51.0 Å². The lowest BCUT2D eigenvalue weighted by Crippen LogP contribution is -2.44. The minimum atomic E-state index is -0.771. The van der Waals surface area contributed by atoms with E-state index in [1.807, 2.05) is 26.0 Å². The average Bonchev–Trinajstić information content (AvgIpc) is 3.47. The van der Waals surface area contributed by atoms with Gasteiger partial charge in [0.2, 0.25) is 0 Å². The van der Waals surface area contributed by atoms with Crippen molar-refractivity contribution in [1.82, 2.24) is 19.6 Å². The van der Waals surface area contributed by atoms with Crippen LogP contribution in [0.1, 0.15) is 61.0 Å². The Kier molecular flexibility index (Phi) is 8.48. The van der Waals surface area contributed by atoms with Gasteiger partial charge in [0, 0.05) is 50.6 Å². The minimum absolute atomic E-state index is 0.0100. The number of nitrogens with zero attached hydrogens (tertiary/aromatic N) is 4. The fourth-order valence-electron chi connectivity index (χ4n) is 6.85. The molecule has 0 unspecified atom stereocenters. The molecule has 2 aliphatic heterocycles. The monoisotopic (exact) mass is 532 g/mol. The van der Waals surface area contributed by atoms with E-state index in [9.17, 15) is 14.3 Å². The number of carboxylic acids is 1. The zero-order valence-electron chi connectivity index (χ0n) is 23.3. The molecule has 5 rings (SSSR count). The lowest BCUT2D eigenvalue weighted by molar-refractivity contribution is -0.144. The summed E-state index contributed by atoms with van der Waals surface area (Å²) in [5.74, 6) is -0.121. The summed E-state index contributed by atoms with van der Waals surface area (Å²) in [6, 6.07) is 19.1. The molecule has 2 fully saturated rings. The average molecular weight is 533 g/mol. The molecule has 0 aliphatic carbocycles. The van der Waals surface area contributed by atoms with Gasteiger partial charge in [0.05, 0.1) is 5.69 Å². The Bertz CT molecular complexity index is 1250. The molecule has 6 nitrogen and oxygen atoms in total. The summed E-state index contributed by atoms with van der Waals surface area (Å²) >= 11 is 0. The number of hydrogen-bond donors (Lipinski definition) is 1. The van der Waals surface area contributed by atoms with Crippen LogP contribution in [-0.4, -0.2) is 69.4 Å². The van der Waals surface area contributed by atoms with Gasteiger partial charge in [0.25, 0.3) is 0 Å². The Balaban J connectivity index is 1.24. The van der Waals surface area contributed by atoms with E-state index in [0.717, 1.165) is 56.7 Å². The molecule has 3 atom stereocenters. The van der Waals surface area contributed by atoms with E-state index in [4.69, 9.17) is 5.10 Å². The second-order valence-corrected chi connectivity index (χ2v) is 11.8. The molecule has 2 aromatic carbocycles. The molecule has 208 valence electrons. The van der Waals surface area contributed by atoms with Gasteiger partial charge in [-0.1, -0.05) is 56.3 Å². The van der Waals surface area contributed by atoms with Gasteiger partial charge in [-0.25, -0.2) is 4.39 Å². The summed E-state index contributed by atoms with van der Waals surface area (Å²) < 4.78 is 16.2. The summed E-state index contributed by atoms with van der Waals surface area (Å²) in [4.78, 5) is 16.8. The predicted octanol–water partition coefficient (Wildman–Crippen LogP) is 5.15. The predicted molar refractivity (Wildman–Crippen MR) is 151 cm³/mol. The lowest BCUT2D eigenvalue weighted by atomic mass is 9.87. The van der Waals surface area contributed by atoms with Crippen molar-refractivity contribution in [3.63, 3.8) is 0 Å². The molecule has 1 aromatic heterocycles. The van der Waals surface area contributed by atoms with Crippen LogP contribution < -0.4 is 0 Å². The lowest BCUT2D eigenvalue weighted by Gasteiger charge is -2.35. The number of piperidine rings is 1. The molecule has 0 spiro atoms. The van der Waals surface area contributed by atoms with Gasteiger partial charge in [-0.3, -0.25) is 14.4 Å². The fourth-order valence-corrected chi connectivity index (χ4v) is 6.85. The topological polar surface area (TPSA) is 61.6 Å². The van der Waals surface area contributed by atoms with Crippen molar-refractivity contribution in [2.24, 2.45) is 18.9 Å². The number of benzene rings is 2. The summed E-state index contributed by atoms with van der Waals surface area (Å²) in [5.41, 5.74) is 4.68. The number of carbonyl (C=O) groups is 1. The summed E-state index contributed by atoms with van der Waals surface area (Å²) in [6.07, 6.45) is 3.01. The first-order valence-corrected chi connectivity index (χ1v) is 14.3. The molecule has 1 N–H and O–H groups in total. The Morgan fingerprint density at radius 1 is 1.05 bits per heavy atom. The molecule has 2 saturated heterocycles. The van der Waals surface area contributed by atoms with E-state index in [0.29, 0.717) is 12.5 Å². The van der Waals surface area contributed by atoms with Crippen molar-refractivity contribution >= 4 is 5.97 Å². The van der Waals surface area contributed by atoms with Crippen LogP contribution in [0.4, 0.5) is 4.39 Å². The Morgan fingerprint density at radius 2 is 1.79 bits per heavy atom. The van der Waals surface area contributed by atoms with E-state index in [2.05, 4.69) is 51.9 Å². The number of halogens is 1. The van der Waals surface area contributed by atoms with E-state index in [-0.39, 0.29) is 23.6 Å². The summed E-state index contributed by atoms with van der Waals surface area (Å²) in [7, 11) is 2.06. The van der Waals surface area contributed by atoms with Crippen LogP contribution in [-0.2, 0) is 18.3 Å². The van der Waals surface area contributed by atoms with Crippen molar-refractivity contribution in [3.8, 4) is 0 Å². The third kappa shape index (κ3) is 6.42. The van der Waals surface area contributed by atoms with Crippen LogP contribution in [0.5, 0.6) is 0 Å². The molecule has 2 aliphatic rings. The Hall–Kier alpha value is -3.03. The maximum atomic E-state index is 14.2. The van der Waals surface area contributed by atoms with Crippen molar-refractivity contribution in [2.75, 3.05) is 32.7 Å². The largest absolute Gasteiger partial charge is 0.480 e. The van der Waals surface area contributed by atoms with Crippen LogP contribution >= 0.6 is 0 Å². The van der Waals surface area contributed by atoms with Gasteiger partial charge < -0.3 is 10.0 Å². The van der Waals surface area contributed by atoms with E-state index < -0.39 is 12.0 Å². The minimum Gasteiger partial charge on any atom is -0.480 e. The maximum absolute atomic E-state index is 14.2. The molecule has 3 heterocycles. The number of rotatable bonds is 9. The first kappa shape index (κ1) is 27.5. The van der Waals surface area contributed by atoms with E-state index in [1.165, 1.54) is 17.3 Å². The van der Waals surface area contributed by atoms with Gasteiger partial charge in [-0.2, -0.15) is 5.10 Å². The summed E-state index contributed by atoms with van der Waals surface area (Å²) in [6.45, 7) is 8.22. The third-order valence-corrected chi connectivity index (χ3v) is 8.72. The van der Waals surface area contributed by atoms with Gasteiger partial charge >= 0.3 is 5.97 Å². The normalized spacial score (nSPS) is 22.0. The molecule has 0 radical (unpaired) electrons. The van der Waals surface area contributed by atoms with Gasteiger partial charge in [-0.05, 0) is 67.1 Å². The van der Waals surface area contributed by atoms with E-state index >= 15 is 0 Å². The smallest absolute Gasteiger partial charge is 0.321 e. The Morgan fingerprint density at radius 3 is 2.46 bits per heavy atom. The SMILES string of the molecule is CC(C)[C@H](C(=O)O)N1C[C@H](CN2CCC(c3cc(Cc4ccccc4)nn3C)CC2)[C@@H](c2cccc(F)c2)C1. The first-order chi connectivity index (χ1) is 18.8. The van der Waals surface area contributed by atoms with Gasteiger partial charge in [-0.15, -0.1) is 0 Å². The molecular formula is C32H41FN4O2. The van der Waals surface area contributed by atoms with Crippen LogP contribution in [0.15, 0.2) is 60.7 Å². The van der Waals surface area contributed by atoms with Crippen molar-refractivity contribution in [1.29, 1.82) is 0 Å². The zero-order valence-corrected chi connectivity index (χ0v) is 23.3. The number of aliphatic carboxylic acids is 1. The van der Waals surface area contributed by atoms with Gasteiger partial charge in [0.1, 0.15) is 11.9 Å². The van der Waals surface area contributed by atoms with Crippen molar-refractivity contribution < 1.29 is 14.3 Å². The van der Waals surface area contributed by atoms with Crippen LogP contribution in [0.3, 0.4) is 0 Å². The van der Waals surface area contributed by atoms with Gasteiger partial charge in [0.15, 0.2) is 0 Å². The second kappa shape index (κ2) is 12.0. The number of aromatic nitrogens is 2. The second-order valence-electron chi connectivity index (χ2n) is 11.8. The Labute approximate surface area is 231 Å². The molecular weight excluding hydrogens is 491 g/mol. The van der Waals surface area contributed by atoms with Crippen LogP contribution in [0.25, 0.3) is 0 Å². The third-order valence-electron chi connectivity index (χ3n) is 8.72. The highest BCUT2D eigenvalue weighted by atomic mass is 19.1. The maximum Gasteiger partial charge on any atom is 0.321 e. The highest BCUT2D eigenvalue weighted by Gasteiger charge is 2.41. The molecule has 7 heteroatoms. The van der Waals surface area contributed by atoms with Crippen LogP contribution in [0.2, 0.25) is 0 Å². The highest BCUT2D eigenvalue weighted by Crippen LogP contribution is 2.37. The summed E-state index contributed by atoms with van der Waals surface area (Å²) in [5, 5.41) is 14.7. The highest BCUT2D eigenvalue weighted by molar-refractivity contribution is 5.73. The molecule has 3 aromatic rings. The van der Waals surface area contributed by atoms with Crippen molar-refractivity contribution in [3.05, 3.63) is 89.0 Å².